The minimum Gasteiger partial charge on any atom is -0.391 e. The molecule has 0 saturated heterocycles. The maximum Gasteiger partial charge on any atom is 0.397 e. The van der Waals surface area contributed by atoms with Gasteiger partial charge in [-0.1, -0.05) is 0 Å². The Balaban J connectivity index is 3.70. The molecular weight excluding hydrogens is 232 g/mol. The zero-order valence-electron chi connectivity index (χ0n) is 7.63. The van der Waals surface area contributed by atoms with Crippen LogP contribution in [-0.4, -0.2) is 60.3 Å². The summed E-state index contributed by atoms with van der Waals surface area (Å²) in [4.78, 5) is 0. The first kappa shape index (κ1) is 14.1. The lowest BCUT2D eigenvalue weighted by Crippen LogP contribution is -2.24. The van der Waals surface area contributed by atoms with E-state index in [1.165, 1.54) is 0 Å². The summed E-state index contributed by atoms with van der Waals surface area (Å²) in [6, 6.07) is 0. The van der Waals surface area contributed by atoms with Crippen molar-refractivity contribution >= 4 is 21.3 Å². The van der Waals surface area contributed by atoms with E-state index in [1.807, 2.05) is 0 Å². The van der Waals surface area contributed by atoms with E-state index in [4.69, 9.17) is 14.8 Å². The fraction of sp³-hybridized carbons (Fsp3) is 1.00. The van der Waals surface area contributed by atoms with Crippen molar-refractivity contribution in [1.82, 2.24) is 0 Å². The van der Waals surface area contributed by atoms with Gasteiger partial charge >= 0.3 is 10.4 Å². The van der Waals surface area contributed by atoms with Crippen LogP contribution in [0.1, 0.15) is 0 Å². The highest BCUT2D eigenvalue weighted by molar-refractivity contribution is 7.96. The minimum absolute atomic E-state index is 0.00497. The summed E-state index contributed by atoms with van der Waals surface area (Å²) in [6.45, 7) is -0.133. The van der Waals surface area contributed by atoms with Gasteiger partial charge in [-0.3, -0.25) is 4.55 Å². The fourth-order valence-electron chi connectivity index (χ4n) is 0.822. The molecule has 0 fully saturated rings. The van der Waals surface area contributed by atoms with E-state index >= 15 is 0 Å². The maximum absolute atomic E-state index is 10.2. The lowest BCUT2D eigenvalue weighted by atomic mass is 10.8. The van der Waals surface area contributed by atoms with Gasteiger partial charge in [-0.05, 0) is 10.9 Å². The highest BCUT2D eigenvalue weighted by Crippen LogP contribution is 1.98. The third-order valence-electron chi connectivity index (χ3n) is 1.36. The largest absolute Gasteiger partial charge is 0.397 e. The van der Waals surface area contributed by atoms with E-state index in [1.54, 1.807) is 0 Å². The molecule has 0 aliphatic carbocycles. The Morgan fingerprint density at radius 3 is 1.93 bits per heavy atom. The van der Waals surface area contributed by atoms with Crippen molar-refractivity contribution < 1.29 is 27.4 Å². The van der Waals surface area contributed by atoms with E-state index in [2.05, 4.69) is 4.18 Å². The Morgan fingerprint density at radius 2 is 1.57 bits per heavy atom. The smallest absolute Gasteiger partial charge is 0.391 e. The molecule has 0 unspecified atom stereocenters. The molecule has 0 heterocycles. The molecule has 3 N–H and O–H groups in total. The van der Waals surface area contributed by atoms with Crippen molar-refractivity contribution in [2.75, 3.05) is 37.1 Å². The molecule has 0 aromatic heterocycles. The number of hydrogen-bond acceptors (Lipinski definition) is 5. The number of aliphatic hydroxyl groups excluding tert-OH is 2. The number of aliphatic hydroxyl groups is 2. The second-order valence-electron chi connectivity index (χ2n) is 2.42. The van der Waals surface area contributed by atoms with Crippen molar-refractivity contribution in [3.8, 4) is 0 Å². The predicted molar refractivity (Wildman–Crippen MR) is 53.6 cm³/mol. The van der Waals surface area contributed by atoms with Gasteiger partial charge in [-0.2, -0.15) is 8.42 Å². The molecule has 0 bridgehead atoms. The third-order valence-corrected chi connectivity index (χ3v) is 4.09. The Bertz CT molecular complexity index is 220. The molecule has 0 amide bonds. The normalized spacial score (nSPS) is 12.3. The highest BCUT2D eigenvalue weighted by Gasteiger charge is 2.17. The average molecular weight is 247 g/mol. The molecule has 0 rings (SSSR count). The van der Waals surface area contributed by atoms with Gasteiger partial charge in [0.15, 0.2) is 0 Å². The summed E-state index contributed by atoms with van der Waals surface area (Å²) in [5.41, 5.74) is 0. The maximum atomic E-state index is 10.2. The van der Waals surface area contributed by atoms with Crippen molar-refractivity contribution in [3.63, 3.8) is 0 Å². The van der Waals surface area contributed by atoms with Crippen LogP contribution in [0.4, 0.5) is 0 Å². The van der Waals surface area contributed by atoms with Gasteiger partial charge in [0.2, 0.25) is 0 Å². The van der Waals surface area contributed by atoms with Gasteiger partial charge in [0.1, 0.15) is 23.9 Å². The summed E-state index contributed by atoms with van der Waals surface area (Å²) < 4.78 is 32.7. The van der Waals surface area contributed by atoms with Crippen LogP contribution in [0.25, 0.3) is 0 Å². The standard InChI is InChI=1S/C6H14O6S2/c7-1-4-13(5-2-8)6-3-12-14(9,10)11/h7-8H,1-6H2/p+1. The Labute approximate surface area is 86.2 Å². The van der Waals surface area contributed by atoms with Crippen LogP contribution < -0.4 is 0 Å². The predicted octanol–water partition coefficient (Wildman–Crippen LogP) is -1.59. The lowest BCUT2D eigenvalue weighted by molar-refractivity contribution is 0.284. The van der Waals surface area contributed by atoms with Gasteiger partial charge in [-0.25, -0.2) is 4.18 Å². The molecule has 0 spiro atoms. The van der Waals surface area contributed by atoms with E-state index in [-0.39, 0.29) is 30.7 Å². The molecular formula is C6H15O6S2+. The summed E-state index contributed by atoms with van der Waals surface area (Å²) in [6.07, 6.45) is 0. The quantitative estimate of drug-likeness (QED) is 0.353. The Morgan fingerprint density at radius 1 is 1.07 bits per heavy atom. The Kier molecular flexibility index (Phi) is 7.51. The fourth-order valence-corrected chi connectivity index (χ4v) is 2.67. The lowest BCUT2D eigenvalue weighted by Gasteiger charge is -2.05. The topological polar surface area (TPSA) is 104 Å². The summed E-state index contributed by atoms with van der Waals surface area (Å²) in [5, 5.41) is 17.3. The molecule has 0 aliphatic rings. The minimum atomic E-state index is -4.37. The van der Waals surface area contributed by atoms with Crippen LogP contribution in [-0.2, 0) is 25.5 Å². The van der Waals surface area contributed by atoms with Crippen LogP contribution >= 0.6 is 0 Å². The van der Waals surface area contributed by atoms with Crippen molar-refractivity contribution in [3.05, 3.63) is 0 Å². The highest BCUT2D eigenvalue weighted by atomic mass is 32.3. The summed E-state index contributed by atoms with van der Waals surface area (Å²) in [7, 11) is -4.63. The zero-order chi connectivity index (χ0) is 11.0. The monoisotopic (exact) mass is 247 g/mol. The average Bonchev–Trinajstić information content (AvgIpc) is 2.02. The molecule has 14 heavy (non-hydrogen) atoms. The molecule has 0 atom stereocenters. The van der Waals surface area contributed by atoms with Gasteiger partial charge in [0, 0.05) is 0 Å². The van der Waals surface area contributed by atoms with E-state index < -0.39 is 10.4 Å². The number of rotatable bonds is 8. The van der Waals surface area contributed by atoms with Gasteiger partial charge in [-0.15, -0.1) is 0 Å². The van der Waals surface area contributed by atoms with Gasteiger partial charge in [0.05, 0.1) is 13.2 Å². The van der Waals surface area contributed by atoms with E-state index in [9.17, 15) is 8.42 Å². The van der Waals surface area contributed by atoms with Crippen molar-refractivity contribution in [2.45, 2.75) is 0 Å². The summed E-state index contributed by atoms with van der Waals surface area (Å²) in [5.74, 6) is 1.42. The van der Waals surface area contributed by atoms with E-state index in [0.29, 0.717) is 17.3 Å². The molecule has 86 valence electrons. The van der Waals surface area contributed by atoms with Crippen molar-refractivity contribution in [2.24, 2.45) is 0 Å². The third kappa shape index (κ3) is 8.73. The van der Waals surface area contributed by atoms with Crippen LogP contribution in [0.2, 0.25) is 0 Å². The second kappa shape index (κ2) is 7.43. The first-order valence-electron chi connectivity index (χ1n) is 3.97. The van der Waals surface area contributed by atoms with E-state index in [0.717, 1.165) is 0 Å². The molecule has 0 aromatic rings. The molecule has 0 aliphatic heterocycles. The molecule has 6 nitrogen and oxygen atoms in total. The van der Waals surface area contributed by atoms with Crippen LogP contribution in [0, 0.1) is 0 Å². The van der Waals surface area contributed by atoms with Gasteiger partial charge < -0.3 is 10.2 Å². The first-order valence-corrected chi connectivity index (χ1v) is 7.07. The van der Waals surface area contributed by atoms with Crippen molar-refractivity contribution in [1.29, 1.82) is 0 Å². The first-order chi connectivity index (χ1) is 6.49. The van der Waals surface area contributed by atoms with Gasteiger partial charge in [0.25, 0.3) is 0 Å². The zero-order valence-corrected chi connectivity index (χ0v) is 9.26. The van der Waals surface area contributed by atoms with Crippen LogP contribution in [0.5, 0.6) is 0 Å². The van der Waals surface area contributed by atoms with Crippen LogP contribution in [0.15, 0.2) is 0 Å². The Hall–Kier alpha value is 0.140. The second-order valence-corrected chi connectivity index (χ2v) is 5.96. The number of hydrogen-bond donors (Lipinski definition) is 3. The molecule has 0 radical (unpaired) electrons. The van der Waals surface area contributed by atoms with Crippen LogP contribution in [0.3, 0.4) is 0 Å². The SMILES string of the molecule is O=S(=O)(O)OCC[S+](CCO)CCO. The summed E-state index contributed by atoms with van der Waals surface area (Å²) >= 11 is 0. The molecule has 0 saturated carbocycles. The molecule has 0 aromatic carbocycles. The molecule has 8 heteroatoms.